The van der Waals surface area contributed by atoms with Crippen LogP contribution in [0.4, 0.5) is 0 Å². The molecular formula is C10H17N3. The SMILES string of the molecule is CCCc1ccnc(CNCC)n1. The zero-order valence-corrected chi connectivity index (χ0v) is 8.38. The molecule has 1 heterocycles. The van der Waals surface area contributed by atoms with Crippen molar-refractivity contribution in [3.63, 3.8) is 0 Å². The average Bonchev–Trinajstić information content (AvgIpc) is 2.16. The minimum atomic E-state index is 0.772. The molecule has 0 aliphatic rings. The van der Waals surface area contributed by atoms with Gasteiger partial charge in [0, 0.05) is 11.9 Å². The normalized spacial score (nSPS) is 10.3. The van der Waals surface area contributed by atoms with Crippen molar-refractivity contribution < 1.29 is 0 Å². The van der Waals surface area contributed by atoms with E-state index in [-0.39, 0.29) is 0 Å². The lowest BCUT2D eigenvalue weighted by Gasteiger charge is -2.02. The Balaban J connectivity index is 2.56. The summed E-state index contributed by atoms with van der Waals surface area (Å²) in [6.07, 6.45) is 4.02. The van der Waals surface area contributed by atoms with Crippen LogP contribution in [0.2, 0.25) is 0 Å². The Bertz CT molecular complexity index is 248. The lowest BCUT2D eigenvalue weighted by atomic mass is 10.2. The molecule has 1 aromatic rings. The van der Waals surface area contributed by atoms with Gasteiger partial charge in [-0.05, 0) is 19.0 Å². The number of nitrogens with one attached hydrogen (secondary N) is 1. The van der Waals surface area contributed by atoms with E-state index >= 15 is 0 Å². The molecule has 1 aromatic heterocycles. The molecule has 3 heteroatoms. The Kier molecular flexibility index (Phi) is 4.40. The molecular weight excluding hydrogens is 162 g/mol. The molecule has 0 amide bonds. The number of aryl methyl sites for hydroxylation is 1. The Morgan fingerprint density at radius 3 is 2.92 bits per heavy atom. The van der Waals surface area contributed by atoms with Gasteiger partial charge >= 0.3 is 0 Å². The molecule has 1 rings (SSSR count). The van der Waals surface area contributed by atoms with E-state index in [1.165, 1.54) is 0 Å². The van der Waals surface area contributed by atoms with Gasteiger partial charge in [0.2, 0.25) is 0 Å². The van der Waals surface area contributed by atoms with Crippen molar-refractivity contribution in [1.29, 1.82) is 0 Å². The van der Waals surface area contributed by atoms with Crippen LogP contribution < -0.4 is 5.32 Å². The van der Waals surface area contributed by atoms with Crippen molar-refractivity contribution in [1.82, 2.24) is 15.3 Å². The zero-order valence-electron chi connectivity index (χ0n) is 8.38. The van der Waals surface area contributed by atoms with Crippen LogP contribution in [0.3, 0.4) is 0 Å². The number of nitrogens with zero attached hydrogens (tertiary/aromatic N) is 2. The second-order valence-electron chi connectivity index (χ2n) is 2.99. The quantitative estimate of drug-likeness (QED) is 0.745. The number of hydrogen-bond acceptors (Lipinski definition) is 3. The van der Waals surface area contributed by atoms with Gasteiger partial charge in [-0.1, -0.05) is 20.3 Å². The van der Waals surface area contributed by atoms with Crippen LogP contribution in [0, 0.1) is 0 Å². The fourth-order valence-corrected chi connectivity index (χ4v) is 1.16. The van der Waals surface area contributed by atoms with Gasteiger partial charge < -0.3 is 5.32 Å². The van der Waals surface area contributed by atoms with Crippen molar-refractivity contribution in [2.75, 3.05) is 6.54 Å². The number of rotatable bonds is 5. The molecule has 1 N–H and O–H groups in total. The van der Waals surface area contributed by atoms with Gasteiger partial charge in [0.05, 0.1) is 6.54 Å². The maximum absolute atomic E-state index is 4.43. The van der Waals surface area contributed by atoms with Gasteiger partial charge in [-0.15, -0.1) is 0 Å². The first kappa shape index (κ1) is 10.1. The second kappa shape index (κ2) is 5.65. The maximum Gasteiger partial charge on any atom is 0.142 e. The van der Waals surface area contributed by atoms with Crippen molar-refractivity contribution in [2.45, 2.75) is 33.2 Å². The first-order valence-electron chi connectivity index (χ1n) is 4.88. The minimum absolute atomic E-state index is 0.772. The van der Waals surface area contributed by atoms with E-state index in [1.807, 2.05) is 12.3 Å². The van der Waals surface area contributed by atoms with E-state index in [0.29, 0.717) is 0 Å². The van der Waals surface area contributed by atoms with Crippen LogP contribution in [0.1, 0.15) is 31.8 Å². The third kappa shape index (κ3) is 3.51. The van der Waals surface area contributed by atoms with Crippen LogP contribution in [0.15, 0.2) is 12.3 Å². The standard InChI is InChI=1S/C10H17N3/c1-3-5-9-6-7-12-10(13-9)8-11-4-2/h6-7,11H,3-5,8H2,1-2H3. The first-order valence-corrected chi connectivity index (χ1v) is 4.88. The topological polar surface area (TPSA) is 37.8 Å². The Morgan fingerprint density at radius 1 is 1.38 bits per heavy atom. The summed E-state index contributed by atoms with van der Waals surface area (Å²) in [5.41, 5.74) is 1.14. The molecule has 0 aromatic carbocycles. The van der Waals surface area contributed by atoms with E-state index in [4.69, 9.17) is 0 Å². The van der Waals surface area contributed by atoms with Crippen molar-refractivity contribution >= 4 is 0 Å². The summed E-state index contributed by atoms with van der Waals surface area (Å²) in [7, 11) is 0. The molecule has 0 bridgehead atoms. The van der Waals surface area contributed by atoms with Crippen LogP contribution in [0.25, 0.3) is 0 Å². The molecule has 13 heavy (non-hydrogen) atoms. The van der Waals surface area contributed by atoms with E-state index in [2.05, 4.69) is 29.1 Å². The average molecular weight is 179 g/mol. The van der Waals surface area contributed by atoms with Gasteiger partial charge in [0.1, 0.15) is 5.82 Å². The summed E-state index contributed by atoms with van der Waals surface area (Å²) in [6.45, 7) is 5.97. The summed E-state index contributed by atoms with van der Waals surface area (Å²) in [5.74, 6) is 0.896. The van der Waals surface area contributed by atoms with Gasteiger partial charge in [-0.25, -0.2) is 9.97 Å². The molecule has 0 atom stereocenters. The third-order valence-corrected chi connectivity index (χ3v) is 1.80. The Morgan fingerprint density at radius 2 is 2.23 bits per heavy atom. The largest absolute Gasteiger partial charge is 0.310 e. The van der Waals surface area contributed by atoms with Crippen molar-refractivity contribution in [2.24, 2.45) is 0 Å². The molecule has 0 fully saturated rings. The monoisotopic (exact) mass is 179 g/mol. The molecule has 0 radical (unpaired) electrons. The minimum Gasteiger partial charge on any atom is -0.310 e. The number of aromatic nitrogens is 2. The Labute approximate surface area is 79.6 Å². The van der Waals surface area contributed by atoms with E-state index in [0.717, 1.165) is 37.4 Å². The molecule has 0 unspecified atom stereocenters. The summed E-state index contributed by atoms with van der Waals surface area (Å²) in [6, 6.07) is 1.99. The van der Waals surface area contributed by atoms with E-state index < -0.39 is 0 Å². The highest BCUT2D eigenvalue weighted by atomic mass is 15.0. The fraction of sp³-hybridized carbons (Fsp3) is 0.600. The second-order valence-corrected chi connectivity index (χ2v) is 2.99. The summed E-state index contributed by atoms with van der Waals surface area (Å²) in [5, 5.41) is 3.21. The van der Waals surface area contributed by atoms with E-state index in [1.54, 1.807) is 0 Å². The van der Waals surface area contributed by atoms with Crippen LogP contribution in [0.5, 0.6) is 0 Å². The summed E-state index contributed by atoms with van der Waals surface area (Å²) in [4.78, 5) is 8.61. The van der Waals surface area contributed by atoms with Crippen molar-refractivity contribution in [3.8, 4) is 0 Å². The molecule has 0 saturated heterocycles. The predicted octanol–water partition coefficient (Wildman–Crippen LogP) is 1.54. The summed E-state index contributed by atoms with van der Waals surface area (Å²) >= 11 is 0. The van der Waals surface area contributed by atoms with Gasteiger partial charge in [0.25, 0.3) is 0 Å². The molecule has 3 nitrogen and oxygen atoms in total. The molecule has 0 spiro atoms. The van der Waals surface area contributed by atoms with Gasteiger partial charge in [-0.2, -0.15) is 0 Å². The Hall–Kier alpha value is -0.960. The van der Waals surface area contributed by atoms with Crippen LogP contribution in [-0.4, -0.2) is 16.5 Å². The molecule has 72 valence electrons. The fourth-order valence-electron chi connectivity index (χ4n) is 1.16. The lowest BCUT2D eigenvalue weighted by molar-refractivity contribution is 0.682. The highest BCUT2D eigenvalue weighted by Gasteiger charge is 1.97. The van der Waals surface area contributed by atoms with Crippen molar-refractivity contribution in [3.05, 3.63) is 23.8 Å². The predicted molar refractivity (Wildman–Crippen MR) is 53.4 cm³/mol. The first-order chi connectivity index (χ1) is 6.36. The lowest BCUT2D eigenvalue weighted by Crippen LogP contribution is -2.14. The van der Waals surface area contributed by atoms with Crippen LogP contribution in [-0.2, 0) is 13.0 Å². The molecule has 0 saturated carbocycles. The number of hydrogen-bond donors (Lipinski definition) is 1. The highest BCUT2D eigenvalue weighted by molar-refractivity contribution is 5.02. The van der Waals surface area contributed by atoms with Crippen LogP contribution >= 0.6 is 0 Å². The maximum atomic E-state index is 4.43. The van der Waals surface area contributed by atoms with Gasteiger partial charge in [0.15, 0.2) is 0 Å². The smallest absolute Gasteiger partial charge is 0.142 e. The van der Waals surface area contributed by atoms with Gasteiger partial charge in [-0.3, -0.25) is 0 Å². The molecule has 0 aliphatic heterocycles. The zero-order chi connectivity index (χ0) is 9.52. The highest BCUT2D eigenvalue weighted by Crippen LogP contribution is 1.98. The molecule has 0 aliphatic carbocycles. The van der Waals surface area contributed by atoms with E-state index in [9.17, 15) is 0 Å². The summed E-state index contributed by atoms with van der Waals surface area (Å²) < 4.78 is 0. The third-order valence-electron chi connectivity index (χ3n) is 1.80.